The lowest BCUT2D eigenvalue weighted by Gasteiger charge is -2.30. The summed E-state index contributed by atoms with van der Waals surface area (Å²) in [5.74, 6) is -0.182. The molecule has 1 saturated carbocycles. The Morgan fingerprint density at radius 1 is 1.38 bits per heavy atom. The summed E-state index contributed by atoms with van der Waals surface area (Å²) >= 11 is 0. The first-order chi connectivity index (χ1) is 9.75. The lowest BCUT2D eigenvalue weighted by Crippen LogP contribution is -2.29. The van der Waals surface area contributed by atoms with Crippen LogP contribution in [0.5, 0.6) is 0 Å². The number of aliphatic hydroxyl groups excluding tert-OH is 1. The second-order valence-electron chi connectivity index (χ2n) is 6.50. The number of hydrogen-bond acceptors (Lipinski definition) is 3. The molecule has 0 aromatic heterocycles. The minimum absolute atomic E-state index is 0.0474. The molecule has 3 unspecified atom stereocenters. The molecule has 21 heavy (non-hydrogen) atoms. The third-order valence-corrected chi connectivity index (χ3v) is 4.74. The summed E-state index contributed by atoms with van der Waals surface area (Å²) in [5.41, 5.74) is -0.301. The number of rotatable bonds is 10. The number of halogens is 3. The van der Waals surface area contributed by atoms with Gasteiger partial charge >= 0.3 is 6.18 Å². The molecule has 0 aromatic carbocycles. The zero-order valence-electron chi connectivity index (χ0n) is 13.2. The van der Waals surface area contributed by atoms with Crippen LogP contribution < -0.4 is 0 Å². The van der Waals surface area contributed by atoms with Crippen LogP contribution in [0, 0.1) is 17.3 Å². The van der Waals surface area contributed by atoms with Crippen LogP contribution in [0.15, 0.2) is 0 Å². The van der Waals surface area contributed by atoms with Gasteiger partial charge in [-0.1, -0.05) is 0 Å². The van der Waals surface area contributed by atoms with E-state index < -0.39 is 12.6 Å². The van der Waals surface area contributed by atoms with Crippen LogP contribution in [0.3, 0.4) is 0 Å². The molecule has 1 aliphatic rings. The van der Waals surface area contributed by atoms with E-state index in [4.69, 9.17) is 9.84 Å². The van der Waals surface area contributed by atoms with E-state index in [1.807, 2.05) is 19.0 Å². The van der Waals surface area contributed by atoms with E-state index in [9.17, 15) is 13.2 Å². The summed E-state index contributed by atoms with van der Waals surface area (Å²) in [4.78, 5) is 1.93. The minimum atomic E-state index is -4.14. The van der Waals surface area contributed by atoms with Crippen LogP contribution in [-0.4, -0.2) is 57.1 Å². The molecule has 0 radical (unpaired) electrons. The SMILES string of the molecule is COCCC1(C(CCN(C)C)CC(F)(F)F)CC1CCO. The van der Waals surface area contributed by atoms with Gasteiger partial charge in [0.1, 0.15) is 0 Å². The first kappa shape index (κ1) is 18.7. The quantitative estimate of drug-likeness (QED) is 0.673. The average Bonchev–Trinajstić information content (AvgIpc) is 3.05. The molecule has 0 aromatic rings. The maximum atomic E-state index is 12.9. The highest BCUT2D eigenvalue weighted by molar-refractivity contribution is 5.06. The van der Waals surface area contributed by atoms with Crippen molar-refractivity contribution in [1.82, 2.24) is 4.90 Å². The van der Waals surface area contributed by atoms with Crippen LogP contribution in [0.2, 0.25) is 0 Å². The highest BCUT2D eigenvalue weighted by Gasteiger charge is 2.58. The summed E-state index contributed by atoms with van der Waals surface area (Å²) in [6, 6.07) is 0. The van der Waals surface area contributed by atoms with E-state index in [0.29, 0.717) is 32.4 Å². The predicted octanol–water partition coefficient (Wildman–Crippen LogP) is 2.93. The molecule has 0 bridgehead atoms. The van der Waals surface area contributed by atoms with Crippen molar-refractivity contribution in [2.24, 2.45) is 17.3 Å². The van der Waals surface area contributed by atoms with Crippen molar-refractivity contribution in [3.05, 3.63) is 0 Å². The predicted molar refractivity (Wildman–Crippen MR) is 76.1 cm³/mol. The van der Waals surface area contributed by atoms with Crippen molar-refractivity contribution in [1.29, 1.82) is 0 Å². The van der Waals surface area contributed by atoms with Crippen molar-refractivity contribution in [2.45, 2.75) is 38.3 Å². The molecule has 0 aliphatic heterocycles. The summed E-state index contributed by atoms with van der Waals surface area (Å²) < 4.78 is 43.9. The van der Waals surface area contributed by atoms with Gasteiger partial charge in [-0.2, -0.15) is 13.2 Å². The van der Waals surface area contributed by atoms with Crippen LogP contribution >= 0.6 is 0 Å². The number of alkyl halides is 3. The Balaban J connectivity index is 2.79. The maximum absolute atomic E-state index is 12.9. The van der Waals surface area contributed by atoms with Gasteiger partial charge in [-0.05, 0) is 63.6 Å². The molecule has 1 fully saturated rings. The van der Waals surface area contributed by atoms with E-state index in [0.717, 1.165) is 6.42 Å². The standard InChI is InChI=1S/C15H28F3NO2/c1-19(2)7-4-12(11-15(16,17)18)14(6-9-21-3)10-13(14)5-8-20/h12-13,20H,4-11H2,1-3H3. The largest absolute Gasteiger partial charge is 0.396 e. The molecule has 126 valence electrons. The normalized spacial score (nSPS) is 27.1. The fourth-order valence-corrected chi connectivity index (χ4v) is 3.53. The molecule has 1 N–H and O–H groups in total. The lowest BCUT2D eigenvalue weighted by molar-refractivity contribution is -0.152. The smallest absolute Gasteiger partial charge is 0.389 e. The van der Waals surface area contributed by atoms with E-state index in [1.54, 1.807) is 7.11 Å². The van der Waals surface area contributed by atoms with Crippen molar-refractivity contribution < 1.29 is 23.0 Å². The van der Waals surface area contributed by atoms with Gasteiger partial charge in [0.15, 0.2) is 0 Å². The van der Waals surface area contributed by atoms with Crippen molar-refractivity contribution in [3.8, 4) is 0 Å². The number of aliphatic hydroxyl groups is 1. The van der Waals surface area contributed by atoms with E-state index >= 15 is 0 Å². The van der Waals surface area contributed by atoms with Crippen molar-refractivity contribution >= 4 is 0 Å². The average molecular weight is 311 g/mol. The van der Waals surface area contributed by atoms with Gasteiger partial charge < -0.3 is 14.7 Å². The van der Waals surface area contributed by atoms with E-state index in [-0.39, 0.29) is 23.9 Å². The van der Waals surface area contributed by atoms with Crippen LogP contribution in [-0.2, 0) is 4.74 Å². The Bertz CT molecular complexity index is 310. The van der Waals surface area contributed by atoms with E-state index in [2.05, 4.69) is 0 Å². The Morgan fingerprint density at radius 2 is 2.05 bits per heavy atom. The van der Waals surface area contributed by atoms with Gasteiger partial charge in [0.2, 0.25) is 0 Å². The van der Waals surface area contributed by atoms with Crippen LogP contribution in [0.25, 0.3) is 0 Å². The third-order valence-electron chi connectivity index (χ3n) is 4.74. The molecular weight excluding hydrogens is 283 g/mol. The number of nitrogens with zero attached hydrogens (tertiary/aromatic N) is 1. The van der Waals surface area contributed by atoms with Gasteiger partial charge in [-0.3, -0.25) is 0 Å². The topological polar surface area (TPSA) is 32.7 Å². The number of methoxy groups -OCH3 is 1. The fraction of sp³-hybridized carbons (Fsp3) is 1.00. The van der Waals surface area contributed by atoms with Crippen LogP contribution in [0.4, 0.5) is 13.2 Å². The molecule has 3 nitrogen and oxygen atoms in total. The minimum Gasteiger partial charge on any atom is -0.396 e. The van der Waals surface area contributed by atoms with Gasteiger partial charge in [-0.25, -0.2) is 0 Å². The number of ether oxygens (including phenoxy) is 1. The Labute approximate surface area is 125 Å². The van der Waals surface area contributed by atoms with Gasteiger partial charge in [-0.15, -0.1) is 0 Å². The van der Waals surface area contributed by atoms with Gasteiger partial charge in [0.25, 0.3) is 0 Å². The zero-order valence-corrected chi connectivity index (χ0v) is 13.2. The molecule has 6 heteroatoms. The first-order valence-electron chi connectivity index (χ1n) is 7.56. The van der Waals surface area contributed by atoms with Crippen molar-refractivity contribution in [3.63, 3.8) is 0 Å². The Kier molecular flexibility index (Phi) is 6.94. The molecule has 0 spiro atoms. The van der Waals surface area contributed by atoms with Crippen LogP contribution in [0.1, 0.15) is 32.1 Å². The molecule has 3 atom stereocenters. The summed E-state index contributed by atoms with van der Waals surface area (Å²) in [6.45, 7) is 1.19. The Hall–Kier alpha value is -0.330. The highest BCUT2D eigenvalue weighted by atomic mass is 19.4. The monoisotopic (exact) mass is 311 g/mol. The molecule has 0 heterocycles. The Morgan fingerprint density at radius 3 is 2.52 bits per heavy atom. The van der Waals surface area contributed by atoms with E-state index in [1.165, 1.54) is 0 Å². The molecule has 1 rings (SSSR count). The fourth-order valence-electron chi connectivity index (χ4n) is 3.53. The van der Waals surface area contributed by atoms with Crippen molar-refractivity contribution in [2.75, 3.05) is 41.0 Å². The molecular formula is C15H28F3NO2. The molecule has 1 aliphatic carbocycles. The van der Waals surface area contributed by atoms with Gasteiger partial charge in [0.05, 0.1) is 0 Å². The molecule has 0 amide bonds. The first-order valence-corrected chi connectivity index (χ1v) is 7.56. The maximum Gasteiger partial charge on any atom is 0.389 e. The van der Waals surface area contributed by atoms with Gasteiger partial charge in [0, 0.05) is 26.7 Å². The second kappa shape index (κ2) is 7.79. The summed E-state index contributed by atoms with van der Waals surface area (Å²) in [7, 11) is 5.34. The highest BCUT2D eigenvalue weighted by Crippen LogP contribution is 2.64. The molecule has 0 saturated heterocycles. The second-order valence-corrected chi connectivity index (χ2v) is 6.50. The zero-order chi connectivity index (χ0) is 16.1. The lowest BCUT2D eigenvalue weighted by atomic mass is 9.79. The summed E-state index contributed by atoms with van der Waals surface area (Å²) in [6.07, 6.45) is -2.29. The third kappa shape index (κ3) is 5.75. The number of hydrogen-bond donors (Lipinski definition) is 1. The summed E-state index contributed by atoms with van der Waals surface area (Å²) in [5, 5.41) is 9.11.